The predicted octanol–water partition coefficient (Wildman–Crippen LogP) is 1.33. The lowest BCUT2D eigenvalue weighted by atomic mass is 9.87. The summed E-state index contributed by atoms with van der Waals surface area (Å²) in [5, 5.41) is 0. The molecule has 1 saturated heterocycles. The lowest BCUT2D eigenvalue weighted by Gasteiger charge is -2.31. The van der Waals surface area contributed by atoms with E-state index in [9.17, 15) is 8.42 Å². The Hall–Kier alpha value is -0.950. The molecule has 0 radical (unpaired) electrons. The highest BCUT2D eigenvalue weighted by molar-refractivity contribution is 7.89. The molecule has 118 valence electrons. The number of hydrogen-bond donors (Lipinski definition) is 1. The van der Waals surface area contributed by atoms with Gasteiger partial charge in [0.1, 0.15) is 0 Å². The molecule has 1 fully saturated rings. The molecule has 1 atom stereocenters. The molecular weight excluding hydrogens is 288 g/mol. The quantitative estimate of drug-likeness (QED) is 0.914. The van der Waals surface area contributed by atoms with Gasteiger partial charge < -0.3 is 10.5 Å². The van der Waals surface area contributed by atoms with Gasteiger partial charge in [-0.25, -0.2) is 8.42 Å². The minimum atomic E-state index is -3.47. The van der Waals surface area contributed by atoms with Gasteiger partial charge in [-0.15, -0.1) is 0 Å². The Labute approximate surface area is 127 Å². The summed E-state index contributed by atoms with van der Waals surface area (Å²) in [6.07, 6.45) is -0.220. The topological polar surface area (TPSA) is 72.6 Å². The average Bonchev–Trinajstić information content (AvgIpc) is 2.46. The van der Waals surface area contributed by atoms with Gasteiger partial charge in [0.05, 0.1) is 17.6 Å². The first-order valence-electron chi connectivity index (χ1n) is 7.17. The fourth-order valence-corrected chi connectivity index (χ4v) is 3.78. The maximum absolute atomic E-state index is 12.6. The molecule has 1 aromatic rings. The molecule has 1 heterocycles. The summed E-state index contributed by atoms with van der Waals surface area (Å²) >= 11 is 0. The number of nitrogens with zero attached hydrogens (tertiary/aromatic N) is 1. The van der Waals surface area contributed by atoms with Crippen molar-refractivity contribution >= 4 is 10.0 Å². The van der Waals surface area contributed by atoms with Crippen LogP contribution in [0, 0.1) is 0 Å². The van der Waals surface area contributed by atoms with Gasteiger partial charge >= 0.3 is 0 Å². The van der Waals surface area contributed by atoms with Gasteiger partial charge in [0.25, 0.3) is 0 Å². The molecule has 1 aliphatic heterocycles. The lowest BCUT2D eigenvalue weighted by molar-refractivity contribution is 0.00450. The zero-order valence-corrected chi connectivity index (χ0v) is 13.7. The highest BCUT2D eigenvalue weighted by atomic mass is 32.2. The van der Waals surface area contributed by atoms with E-state index in [4.69, 9.17) is 10.5 Å². The molecule has 0 aromatic heterocycles. The van der Waals surface area contributed by atoms with Gasteiger partial charge in [-0.2, -0.15) is 4.31 Å². The van der Waals surface area contributed by atoms with Crippen LogP contribution in [0.25, 0.3) is 0 Å². The molecule has 0 amide bonds. The van der Waals surface area contributed by atoms with E-state index in [-0.39, 0.29) is 11.5 Å². The molecule has 0 spiro atoms. The van der Waals surface area contributed by atoms with E-state index in [2.05, 4.69) is 20.8 Å². The number of rotatable bonds is 3. The van der Waals surface area contributed by atoms with Crippen molar-refractivity contribution in [1.82, 2.24) is 4.31 Å². The van der Waals surface area contributed by atoms with Gasteiger partial charge in [-0.3, -0.25) is 0 Å². The minimum Gasteiger partial charge on any atom is -0.374 e. The average molecular weight is 312 g/mol. The van der Waals surface area contributed by atoms with Gasteiger partial charge in [-0.05, 0) is 23.1 Å². The first-order chi connectivity index (χ1) is 9.75. The third-order valence-electron chi connectivity index (χ3n) is 3.72. The van der Waals surface area contributed by atoms with Crippen LogP contribution in [0.2, 0.25) is 0 Å². The Kier molecular flexibility index (Phi) is 4.72. The molecule has 6 heteroatoms. The van der Waals surface area contributed by atoms with Crippen molar-refractivity contribution in [2.45, 2.75) is 37.2 Å². The fourth-order valence-electron chi connectivity index (χ4n) is 2.33. The maximum atomic E-state index is 12.6. The summed E-state index contributed by atoms with van der Waals surface area (Å²) in [7, 11) is -3.47. The molecule has 21 heavy (non-hydrogen) atoms. The third kappa shape index (κ3) is 3.63. The Bertz CT molecular complexity index is 576. The smallest absolute Gasteiger partial charge is 0.243 e. The molecule has 2 rings (SSSR count). The van der Waals surface area contributed by atoms with E-state index in [0.29, 0.717) is 31.1 Å². The van der Waals surface area contributed by atoms with Crippen LogP contribution in [0.1, 0.15) is 26.3 Å². The summed E-state index contributed by atoms with van der Waals surface area (Å²) in [6.45, 7) is 7.72. The van der Waals surface area contributed by atoms with Crippen molar-refractivity contribution in [2.24, 2.45) is 5.73 Å². The summed E-state index contributed by atoms with van der Waals surface area (Å²) in [5.41, 5.74) is 6.69. The number of benzene rings is 1. The van der Waals surface area contributed by atoms with E-state index < -0.39 is 10.0 Å². The van der Waals surface area contributed by atoms with Crippen molar-refractivity contribution in [1.29, 1.82) is 0 Å². The van der Waals surface area contributed by atoms with Crippen LogP contribution in [-0.2, 0) is 20.2 Å². The predicted molar refractivity (Wildman–Crippen MR) is 82.7 cm³/mol. The maximum Gasteiger partial charge on any atom is 0.243 e. The van der Waals surface area contributed by atoms with E-state index >= 15 is 0 Å². The lowest BCUT2D eigenvalue weighted by Crippen LogP contribution is -2.48. The normalized spacial score (nSPS) is 21.4. The van der Waals surface area contributed by atoms with Gasteiger partial charge in [0, 0.05) is 19.6 Å². The van der Waals surface area contributed by atoms with Crippen LogP contribution in [-0.4, -0.2) is 45.1 Å². The number of ether oxygens (including phenoxy) is 1. The standard InChI is InChI=1S/C15H24N2O3S/c1-15(2,3)12-4-6-14(7-5-12)21(18,19)17-8-9-20-13(10-16)11-17/h4-7,13H,8-11,16H2,1-3H3. The molecular formula is C15H24N2O3S. The second-order valence-corrected chi connectivity index (χ2v) is 8.30. The molecule has 5 nitrogen and oxygen atoms in total. The van der Waals surface area contributed by atoms with Crippen molar-refractivity contribution < 1.29 is 13.2 Å². The molecule has 1 aliphatic rings. The number of morpholine rings is 1. The highest BCUT2D eigenvalue weighted by Gasteiger charge is 2.30. The largest absolute Gasteiger partial charge is 0.374 e. The zero-order chi connectivity index (χ0) is 15.7. The van der Waals surface area contributed by atoms with Crippen molar-refractivity contribution in [2.75, 3.05) is 26.2 Å². The first kappa shape index (κ1) is 16.4. The second-order valence-electron chi connectivity index (χ2n) is 6.37. The van der Waals surface area contributed by atoms with Gasteiger partial charge in [-0.1, -0.05) is 32.9 Å². The molecule has 1 aromatic carbocycles. The van der Waals surface area contributed by atoms with E-state index in [1.54, 1.807) is 12.1 Å². The Morgan fingerprint density at radius 1 is 1.29 bits per heavy atom. The van der Waals surface area contributed by atoms with Crippen LogP contribution in [0.5, 0.6) is 0 Å². The van der Waals surface area contributed by atoms with Crippen LogP contribution >= 0.6 is 0 Å². The van der Waals surface area contributed by atoms with Crippen LogP contribution < -0.4 is 5.73 Å². The first-order valence-corrected chi connectivity index (χ1v) is 8.61. The van der Waals surface area contributed by atoms with Crippen molar-refractivity contribution in [3.05, 3.63) is 29.8 Å². The van der Waals surface area contributed by atoms with Crippen molar-refractivity contribution in [3.8, 4) is 0 Å². The van der Waals surface area contributed by atoms with E-state index in [1.165, 1.54) is 4.31 Å². The van der Waals surface area contributed by atoms with Crippen LogP contribution in [0.3, 0.4) is 0 Å². The van der Waals surface area contributed by atoms with Crippen molar-refractivity contribution in [3.63, 3.8) is 0 Å². The Morgan fingerprint density at radius 2 is 1.90 bits per heavy atom. The summed E-state index contributed by atoms with van der Waals surface area (Å²) in [4.78, 5) is 0.327. The fraction of sp³-hybridized carbons (Fsp3) is 0.600. The van der Waals surface area contributed by atoms with Gasteiger partial charge in [0.15, 0.2) is 0 Å². The Balaban J connectivity index is 2.23. The summed E-state index contributed by atoms with van der Waals surface area (Å²) in [6, 6.07) is 7.13. The summed E-state index contributed by atoms with van der Waals surface area (Å²) in [5.74, 6) is 0. The molecule has 1 unspecified atom stereocenters. The molecule has 0 bridgehead atoms. The number of hydrogen-bond acceptors (Lipinski definition) is 4. The van der Waals surface area contributed by atoms with Crippen LogP contribution in [0.4, 0.5) is 0 Å². The monoisotopic (exact) mass is 312 g/mol. The Morgan fingerprint density at radius 3 is 2.43 bits per heavy atom. The van der Waals surface area contributed by atoms with Crippen LogP contribution in [0.15, 0.2) is 29.2 Å². The molecule has 0 saturated carbocycles. The van der Waals surface area contributed by atoms with Gasteiger partial charge in [0.2, 0.25) is 10.0 Å². The number of nitrogens with two attached hydrogens (primary N) is 1. The number of sulfonamides is 1. The van der Waals surface area contributed by atoms with E-state index in [1.807, 2.05) is 12.1 Å². The van der Waals surface area contributed by atoms with E-state index in [0.717, 1.165) is 5.56 Å². The second kappa shape index (κ2) is 6.04. The highest BCUT2D eigenvalue weighted by Crippen LogP contribution is 2.25. The minimum absolute atomic E-state index is 0.00585. The molecule has 2 N–H and O–H groups in total. The molecule has 0 aliphatic carbocycles. The summed E-state index contributed by atoms with van der Waals surface area (Å²) < 4.78 is 32.2. The zero-order valence-electron chi connectivity index (χ0n) is 12.9. The third-order valence-corrected chi connectivity index (χ3v) is 5.60. The SMILES string of the molecule is CC(C)(C)c1ccc(S(=O)(=O)N2CCOC(CN)C2)cc1.